The normalized spacial score (nSPS) is 11.9. The predicted octanol–water partition coefficient (Wildman–Crippen LogP) is 5.81. The number of thioether (sulfide) groups is 1. The molecular weight excluding hydrogens is 389 g/mol. The molecule has 0 aliphatic heterocycles. The molecule has 0 radical (unpaired) electrons. The topological polar surface area (TPSA) is 38.3 Å². The van der Waals surface area contributed by atoms with Crippen molar-refractivity contribution in [3.05, 3.63) is 63.1 Å². The van der Waals surface area contributed by atoms with Crippen molar-refractivity contribution in [1.82, 2.24) is 5.32 Å². The van der Waals surface area contributed by atoms with Gasteiger partial charge in [-0.25, -0.2) is 0 Å². The molecule has 0 spiro atoms. The highest BCUT2D eigenvalue weighted by Gasteiger charge is 2.14. The lowest BCUT2D eigenvalue weighted by atomic mass is 10.0. The van der Waals surface area contributed by atoms with Gasteiger partial charge in [0.1, 0.15) is 5.75 Å². The summed E-state index contributed by atoms with van der Waals surface area (Å²) in [4.78, 5) is 12.3. The number of aryl methyl sites for hydroxylation is 1. The molecular formula is C20H23Cl2NO2S. The number of ether oxygens (including phenoxy) is 1. The van der Waals surface area contributed by atoms with Gasteiger partial charge < -0.3 is 10.1 Å². The Hall–Kier alpha value is -1.36. The Morgan fingerprint density at radius 1 is 1.23 bits per heavy atom. The molecule has 0 aliphatic rings. The van der Waals surface area contributed by atoms with Crippen LogP contribution < -0.4 is 10.1 Å². The number of rotatable bonds is 8. The molecule has 1 atom stereocenters. The van der Waals surface area contributed by atoms with E-state index in [1.54, 1.807) is 7.11 Å². The van der Waals surface area contributed by atoms with Gasteiger partial charge in [0.05, 0.1) is 18.9 Å². The van der Waals surface area contributed by atoms with E-state index in [0.29, 0.717) is 21.6 Å². The fourth-order valence-corrected chi connectivity index (χ4v) is 4.27. The Morgan fingerprint density at radius 3 is 2.50 bits per heavy atom. The van der Waals surface area contributed by atoms with Crippen LogP contribution in [0.25, 0.3) is 0 Å². The van der Waals surface area contributed by atoms with Crippen LogP contribution in [0.2, 0.25) is 10.0 Å². The van der Waals surface area contributed by atoms with Crippen LogP contribution in [0.15, 0.2) is 36.4 Å². The summed E-state index contributed by atoms with van der Waals surface area (Å²) in [5.41, 5.74) is 3.00. The SMILES string of the molecule is CCC(NC(=O)CSCc1c(Cl)cccc1Cl)c1ccc(OC)c(C)c1. The van der Waals surface area contributed by atoms with Crippen molar-refractivity contribution in [3.63, 3.8) is 0 Å². The summed E-state index contributed by atoms with van der Waals surface area (Å²) < 4.78 is 5.30. The third kappa shape index (κ3) is 5.57. The van der Waals surface area contributed by atoms with Gasteiger partial charge in [0, 0.05) is 15.8 Å². The van der Waals surface area contributed by atoms with Gasteiger partial charge in [0.15, 0.2) is 0 Å². The summed E-state index contributed by atoms with van der Waals surface area (Å²) in [5, 5.41) is 4.36. The van der Waals surface area contributed by atoms with E-state index in [1.807, 2.05) is 37.3 Å². The first-order valence-electron chi connectivity index (χ1n) is 8.40. The maximum absolute atomic E-state index is 12.3. The number of nitrogens with one attached hydrogen (secondary N) is 1. The van der Waals surface area contributed by atoms with Crippen molar-refractivity contribution in [1.29, 1.82) is 0 Å². The van der Waals surface area contributed by atoms with Crippen molar-refractivity contribution in [2.75, 3.05) is 12.9 Å². The number of benzene rings is 2. The summed E-state index contributed by atoms with van der Waals surface area (Å²) in [5.74, 6) is 1.80. The molecule has 26 heavy (non-hydrogen) atoms. The summed E-state index contributed by atoms with van der Waals surface area (Å²) in [6.45, 7) is 4.06. The quantitative estimate of drug-likeness (QED) is 0.595. The van der Waals surface area contributed by atoms with Crippen molar-refractivity contribution in [3.8, 4) is 5.75 Å². The van der Waals surface area contributed by atoms with E-state index in [-0.39, 0.29) is 11.9 Å². The van der Waals surface area contributed by atoms with Gasteiger partial charge in [-0.05, 0) is 48.2 Å². The van der Waals surface area contributed by atoms with E-state index in [0.717, 1.165) is 28.9 Å². The highest BCUT2D eigenvalue weighted by atomic mass is 35.5. The van der Waals surface area contributed by atoms with Gasteiger partial charge in [-0.2, -0.15) is 0 Å². The van der Waals surface area contributed by atoms with E-state index >= 15 is 0 Å². The Labute approximate surface area is 169 Å². The minimum Gasteiger partial charge on any atom is -0.496 e. The average molecular weight is 412 g/mol. The fraction of sp³-hybridized carbons (Fsp3) is 0.350. The largest absolute Gasteiger partial charge is 0.496 e. The number of carbonyl (C=O) groups excluding carboxylic acids is 1. The Balaban J connectivity index is 1.92. The zero-order chi connectivity index (χ0) is 19.1. The molecule has 1 N–H and O–H groups in total. The minimum atomic E-state index is -0.0170. The van der Waals surface area contributed by atoms with Crippen molar-refractivity contribution >= 4 is 40.9 Å². The molecule has 0 saturated heterocycles. The third-order valence-electron chi connectivity index (χ3n) is 4.11. The van der Waals surface area contributed by atoms with Crippen LogP contribution >= 0.6 is 35.0 Å². The van der Waals surface area contributed by atoms with E-state index in [9.17, 15) is 4.79 Å². The van der Waals surface area contributed by atoms with Crippen LogP contribution in [0.3, 0.4) is 0 Å². The first-order valence-corrected chi connectivity index (χ1v) is 10.3. The molecule has 1 amide bonds. The first-order chi connectivity index (χ1) is 12.5. The highest BCUT2D eigenvalue weighted by molar-refractivity contribution is 7.99. The molecule has 6 heteroatoms. The standard InChI is InChI=1S/C20H23Cl2NO2S/c1-4-18(14-8-9-19(25-3)13(2)10-14)23-20(24)12-26-11-15-16(21)6-5-7-17(15)22/h5-10,18H,4,11-12H2,1-3H3,(H,23,24). The highest BCUT2D eigenvalue weighted by Crippen LogP contribution is 2.28. The molecule has 0 aromatic heterocycles. The molecule has 2 rings (SSSR count). The van der Waals surface area contributed by atoms with Crippen LogP contribution in [0.5, 0.6) is 5.75 Å². The lowest BCUT2D eigenvalue weighted by molar-refractivity contribution is -0.119. The number of halogens is 2. The Kier molecular flexibility index (Phi) is 8.14. The Morgan fingerprint density at radius 2 is 1.92 bits per heavy atom. The maximum Gasteiger partial charge on any atom is 0.230 e. The van der Waals surface area contributed by atoms with Gasteiger partial charge in [0.25, 0.3) is 0 Å². The molecule has 3 nitrogen and oxygen atoms in total. The third-order valence-corrected chi connectivity index (χ3v) is 5.77. The molecule has 0 fully saturated rings. The lowest BCUT2D eigenvalue weighted by Crippen LogP contribution is -2.29. The number of carbonyl (C=O) groups is 1. The van der Waals surface area contributed by atoms with E-state index < -0.39 is 0 Å². The lowest BCUT2D eigenvalue weighted by Gasteiger charge is -2.19. The van der Waals surface area contributed by atoms with E-state index in [1.165, 1.54) is 11.8 Å². The molecule has 2 aromatic rings. The monoisotopic (exact) mass is 411 g/mol. The van der Waals surface area contributed by atoms with Gasteiger partial charge in [-0.3, -0.25) is 4.79 Å². The van der Waals surface area contributed by atoms with Crippen LogP contribution in [0, 0.1) is 6.92 Å². The van der Waals surface area contributed by atoms with Gasteiger partial charge in [-0.1, -0.05) is 48.3 Å². The van der Waals surface area contributed by atoms with Crippen molar-refractivity contribution in [2.24, 2.45) is 0 Å². The molecule has 0 aliphatic carbocycles. The molecule has 0 saturated carbocycles. The fourth-order valence-electron chi connectivity index (χ4n) is 2.69. The number of hydrogen-bond donors (Lipinski definition) is 1. The first kappa shape index (κ1) is 20.9. The molecule has 0 bridgehead atoms. The molecule has 0 heterocycles. The summed E-state index contributed by atoms with van der Waals surface area (Å²) in [7, 11) is 1.66. The Bertz CT molecular complexity index is 747. The molecule has 140 valence electrons. The zero-order valence-electron chi connectivity index (χ0n) is 15.1. The second-order valence-electron chi connectivity index (χ2n) is 5.95. The summed E-state index contributed by atoms with van der Waals surface area (Å²) >= 11 is 13.8. The minimum absolute atomic E-state index is 0.00139. The second kappa shape index (κ2) is 10.1. The smallest absolute Gasteiger partial charge is 0.230 e. The zero-order valence-corrected chi connectivity index (χ0v) is 17.5. The predicted molar refractivity (Wildman–Crippen MR) is 112 cm³/mol. The average Bonchev–Trinajstić information content (AvgIpc) is 2.62. The van der Waals surface area contributed by atoms with Gasteiger partial charge in [0.2, 0.25) is 5.91 Å². The van der Waals surface area contributed by atoms with Crippen molar-refractivity contribution < 1.29 is 9.53 Å². The van der Waals surface area contributed by atoms with Crippen LogP contribution in [-0.2, 0) is 10.5 Å². The van der Waals surface area contributed by atoms with Crippen LogP contribution in [-0.4, -0.2) is 18.8 Å². The number of hydrogen-bond acceptors (Lipinski definition) is 3. The van der Waals surface area contributed by atoms with Crippen LogP contribution in [0.4, 0.5) is 0 Å². The maximum atomic E-state index is 12.3. The van der Waals surface area contributed by atoms with E-state index in [4.69, 9.17) is 27.9 Å². The van der Waals surface area contributed by atoms with Gasteiger partial charge >= 0.3 is 0 Å². The second-order valence-corrected chi connectivity index (χ2v) is 7.75. The number of amides is 1. The molecule has 2 aromatic carbocycles. The van der Waals surface area contributed by atoms with Crippen molar-refractivity contribution in [2.45, 2.75) is 32.1 Å². The van der Waals surface area contributed by atoms with Crippen LogP contribution in [0.1, 0.15) is 36.1 Å². The summed E-state index contributed by atoms with van der Waals surface area (Å²) in [6, 6.07) is 11.4. The van der Waals surface area contributed by atoms with Gasteiger partial charge in [-0.15, -0.1) is 11.8 Å². The summed E-state index contributed by atoms with van der Waals surface area (Å²) in [6.07, 6.45) is 0.818. The number of methoxy groups -OCH3 is 1. The van der Waals surface area contributed by atoms with E-state index in [2.05, 4.69) is 18.3 Å². The molecule has 1 unspecified atom stereocenters.